The summed E-state index contributed by atoms with van der Waals surface area (Å²) in [7, 11) is -3.66. The van der Waals surface area contributed by atoms with Gasteiger partial charge in [-0.05, 0) is 32.4 Å². The largest absolute Gasteiger partial charge is 0.352 e. The van der Waals surface area contributed by atoms with E-state index in [-0.39, 0.29) is 16.8 Å². The number of carbonyl (C=O) groups is 1. The fourth-order valence-corrected chi connectivity index (χ4v) is 3.05. The van der Waals surface area contributed by atoms with Gasteiger partial charge in [0.25, 0.3) is 0 Å². The molecule has 1 aromatic carbocycles. The van der Waals surface area contributed by atoms with Crippen LogP contribution in [0.2, 0.25) is 0 Å². The van der Waals surface area contributed by atoms with Crippen LogP contribution in [0.1, 0.15) is 33.6 Å². The average molecular weight is 298 g/mol. The zero-order valence-electron chi connectivity index (χ0n) is 12.1. The molecule has 1 amide bonds. The number of hydrogen-bond acceptors (Lipinski definition) is 3. The molecule has 0 spiro atoms. The van der Waals surface area contributed by atoms with Crippen LogP contribution in [0.4, 0.5) is 0 Å². The molecule has 0 unspecified atom stereocenters. The van der Waals surface area contributed by atoms with Crippen LogP contribution in [-0.4, -0.2) is 26.4 Å². The number of sulfonamides is 1. The minimum absolute atomic E-state index is 0.0381. The Morgan fingerprint density at radius 3 is 2.35 bits per heavy atom. The number of hydrogen-bond donors (Lipinski definition) is 2. The van der Waals surface area contributed by atoms with Gasteiger partial charge in [-0.1, -0.05) is 31.5 Å². The second-order valence-corrected chi connectivity index (χ2v) is 6.57. The maximum absolute atomic E-state index is 12.1. The SMILES string of the molecule is CCC[C@H](C)NC(=O)[C@@H](C)NS(=O)(=O)c1ccccc1. The summed E-state index contributed by atoms with van der Waals surface area (Å²) < 4.78 is 26.5. The first-order valence-corrected chi connectivity index (χ1v) is 8.23. The summed E-state index contributed by atoms with van der Waals surface area (Å²) in [6.45, 7) is 5.47. The summed E-state index contributed by atoms with van der Waals surface area (Å²) in [6.07, 6.45) is 1.83. The molecule has 5 nitrogen and oxygen atoms in total. The van der Waals surface area contributed by atoms with E-state index < -0.39 is 16.1 Å². The highest BCUT2D eigenvalue weighted by Gasteiger charge is 2.22. The molecule has 0 aliphatic heterocycles. The van der Waals surface area contributed by atoms with Gasteiger partial charge >= 0.3 is 0 Å². The molecule has 0 saturated carbocycles. The zero-order valence-corrected chi connectivity index (χ0v) is 12.9. The van der Waals surface area contributed by atoms with Crippen molar-refractivity contribution in [2.45, 2.75) is 50.6 Å². The van der Waals surface area contributed by atoms with Crippen LogP contribution in [0.25, 0.3) is 0 Å². The molecular weight excluding hydrogens is 276 g/mol. The Balaban J connectivity index is 2.66. The van der Waals surface area contributed by atoms with E-state index in [1.54, 1.807) is 18.2 Å². The standard InChI is InChI=1S/C14H22N2O3S/c1-4-8-11(2)15-14(17)12(3)16-20(18,19)13-9-6-5-7-10-13/h5-7,9-12,16H,4,8H2,1-3H3,(H,15,17)/t11-,12+/m0/s1. The van der Waals surface area contributed by atoms with Crippen LogP contribution in [-0.2, 0) is 14.8 Å². The monoisotopic (exact) mass is 298 g/mol. The number of nitrogens with one attached hydrogen (secondary N) is 2. The van der Waals surface area contributed by atoms with Gasteiger partial charge in [-0.2, -0.15) is 4.72 Å². The molecule has 0 aliphatic rings. The lowest BCUT2D eigenvalue weighted by Crippen LogP contribution is -2.47. The quantitative estimate of drug-likeness (QED) is 0.804. The van der Waals surface area contributed by atoms with Crippen molar-refractivity contribution < 1.29 is 13.2 Å². The fraction of sp³-hybridized carbons (Fsp3) is 0.500. The van der Waals surface area contributed by atoms with E-state index in [0.717, 1.165) is 12.8 Å². The molecule has 2 atom stereocenters. The third-order valence-electron chi connectivity index (χ3n) is 2.89. The van der Waals surface area contributed by atoms with Crippen LogP contribution in [0, 0.1) is 0 Å². The lowest BCUT2D eigenvalue weighted by Gasteiger charge is -2.18. The lowest BCUT2D eigenvalue weighted by molar-refractivity contribution is -0.123. The third kappa shape index (κ3) is 4.94. The van der Waals surface area contributed by atoms with Gasteiger partial charge in [0.15, 0.2) is 0 Å². The van der Waals surface area contributed by atoms with Crippen molar-refractivity contribution in [1.82, 2.24) is 10.0 Å². The number of benzene rings is 1. The number of carbonyl (C=O) groups excluding carboxylic acids is 1. The van der Waals surface area contributed by atoms with Crippen LogP contribution >= 0.6 is 0 Å². The van der Waals surface area contributed by atoms with Crippen molar-refractivity contribution in [3.63, 3.8) is 0 Å². The first kappa shape index (κ1) is 16.7. The molecule has 0 fully saturated rings. The van der Waals surface area contributed by atoms with E-state index in [9.17, 15) is 13.2 Å². The Morgan fingerprint density at radius 2 is 1.80 bits per heavy atom. The Hall–Kier alpha value is -1.40. The molecule has 0 aromatic heterocycles. The van der Waals surface area contributed by atoms with Gasteiger partial charge in [0.1, 0.15) is 0 Å². The molecule has 112 valence electrons. The van der Waals surface area contributed by atoms with Crippen LogP contribution in [0.15, 0.2) is 35.2 Å². The first-order chi connectivity index (χ1) is 9.36. The highest BCUT2D eigenvalue weighted by atomic mass is 32.2. The Kier molecular flexibility index (Phi) is 6.16. The third-order valence-corrected chi connectivity index (χ3v) is 4.45. The molecule has 1 rings (SSSR count). The van der Waals surface area contributed by atoms with Gasteiger partial charge in [-0.3, -0.25) is 4.79 Å². The Bertz CT molecular complexity index is 529. The lowest BCUT2D eigenvalue weighted by atomic mass is 10.2. The first-order valence-electron chi connectivity index (χ1n) is 6.74. The molecule has 0 heterocycles. The van der Waals surface area contributed by atoms with Gasteiger partial charge in [-0.25, -0.2) is 8.42 Å². The van der Waals surface area contributed by atoms with Crippen molar-refractivity contribution >= 4 is 15.9 Å². The molecular formula is C14H22N2O3S. The van der Waals surface area contributed by atoms with Gasteiger partial charge in [0, 0.05) is 6.04 Å². The Labute approximate surface area is 120 Å². The number of rotatable bonds is 7. The molecule has 0 aliphatic carbocycles. The van der Waals surface area contributed by atoms with Crippen molar-refractivity contribution in [3.8, 4) is 0 Å². The average Bonchev–Trinajstić information content (AvgIpc) is 2.39. The van der Waals surface area contributed by atoms with Gasteiger partial charge in [0.2, 0.25) is 15.9 Å². The van der Waals surface area contributed by atoms with E-state index in [0.29, 0.717) is 0 Å². The Morgan fingerprint density at radius 1 is 1.20 bits per heavy atom. The minimum Gasteiger partial charge on any atom is -0.352 e. The second-order valence-electron chi connectivity index (χ2n) is 4.85. The zero-order chi connectivity index (χ0) is 15.2. The summed E-state index contributed by atoms with van der Waals surface area (Å²) in [5.74, 6) is -0.314. The molecule has 20 heavy (non-hydrogen) atoms. The molecule has 6 heteroatoms. The van der Waals surface area contributed by atoms with Crippen molar-refractivity contribution in [1.29, 1.82) is 0 Å². The summed E-state index contributed by atoms with van der Waals surface area (Å²) >= 11 is 0. The highest BCUT2D eigenvalue weighted by Crippen LogP contribution is 2.08. The van der Waals surface area contributed by atoms with Gasteiger partial charge in [0.05, 0.1) is 10.9 Å². The summed E-state index contributed by atoms with van der Waals surface area (Å²) in [5, 5.41) is 2.79. The van der Waals surface area contributed by atoms with E-state index in [1.807, 2.05) is 13.8 Å². The van der Waals surface area contributed by atoms with E-state index in [1.165, 1.54) is 19.1 Å². The fourth-order valence-electron chi connectivity index (χ4n) is 1.83. The normalized spacial score (nSPS) is 14.6. The van der Waals surface area contributed by atoms with Gasteiger partial charge in [-0.15, -0.1) is 0 Å². The van der Waals surface area contributed by atoms with Crippen LogP contribution < -0.4 is 10.0 Å². The molecule has 2 N–H and O–H groups in total. The van der Waals surface area contributed by atoms with E-state index >= 15 is 0 Å². The van der Waals surface area contributed by atoms with E-state index in [4.69, 9.17) is 0 Å². The van der Waals surface area contributed by atoms with Crippen molar-refractivity contribution in [2.75, 3.05) is 0 Å². The summed E-state index contributed by atoms with van der Waals surface area (Å²) in [4.78, 5) is 12.1. The maximum atomic E-state index is 12.1. The van der Waals surface area contributed by atoms with E-state index in [2.05, 4.69) is 10.0 Å². The molecule has 0 radical (unpaired) electrons. The highest BCUT2D eigenvalue weighted by molar-refractivity contribution is 7.89. The molecule has 1 aromatic rings. The van der Waals surface area contributed by atoms with Crippen molar-refractivity contribution in [3.05, 3.63) is 30.3 Å². The minimum atomic E-state index is -3.66. The molecule has 0 saturated heterocycles. The van der Waals surface area contributed by atoms with Crippen LogP contribution in [0.5, 0.6) is 0 Å². The van der Waals surface area contributed by atoms with Gasteiger partial charge < -0.3 is 5.32 Å². The number of amides is 1. The smallest absolute Gasteiger partial charge is 0.241 e. The van der Waals surface area contributed by atoms with Crippen molar-refractivity contribution in [2.24, 2.45) is 0 Å². The topological polar surface area (TPSA) is 75.3 Å². The predicted octanol–water partition coefficient (Wildman–Crippen LogP) is 1.66. The second kappa shape index (κ2) is 7.40. The maximum Gasteiger partial charge on any atom is 0.241 e. The summed E-state index contributed by atoms with van der Waals surface area (Å²) in [6, 6.07) is 7.24. The molecule has 0 bridgehead atoms. The summed E-state index contributed by atoms with van der Waals surface area (Å²) in [5.41, 5.74) is 0. The van der Waals surface area contributed by atoms with Crippen LogP contribution in [0.3, 0.4) is 0 Å². The predicted molar refractivity (Wildman–Crippen MR) is 78.7 cm³/mol.